The van der Waals surface area contributed by atoms with Crippen LogP contribution < -0.4 is 9.54 Å². The molecule has 0 bridgehead atoms. The van der Waals surface area contributed by atoms with Crippen molar-refractivity contribution in [2.75, 3.05) is 12.9 Å². The van der Waals surface area contributed by atoms with Crippen LogP contribution in [0.5, 0.6) is 5.75 Å². The minimum atomic E-state index is -3.50. The van der Waals surface area contributed by atoms with E-state index in [1.54, 1.807) is 36.9 Å². The molecule has 8 heteroatoms. The van der Waals surface area contributed by atoms with Gasteiger partial charge in [-0.1, -0.05) is 35.6 Å². The topological polar surface area (TPSA) is 77.7 Å². The molecule has 1 heterocycles. The van der Waals surface area contributed by atoms with Crippen LogP contribution in [0.2, 0.25) is 0 Å². The Morgan fingerprint density at radius 2 is 1.88 bits per heavy atom. The highest BCUT2D eigenvalue weighted by atomic mass is 32.2. The van der Waals surface area contributed by atoms with Gasteiger partial charge >= 0.3 is 0 Å². The zero-order valence-corrected chi connectivity index (χ0v) is 16.0. The first-order valence-corrected chi connectivity index (χ1v) is 10.4. The molecule has 0 aliphatic carbocycles. The van der Waals surface area contributed by atoms with Gasteiger partial charge in [-0.15, -0.1) is 0 Å². The lowest BCUT2D eigenvalue weighted by Gasteiger charge is -2.03. The highest BCUT2D eigenvalue weighted by molar-refractivity contribution is 7.91. The van der Waals surface area contributed by atoms with Gasteiger partial charge < -0.3 is 9.30 Å². The van der Waals surface area contributed by atoms with Crippen LogP contribution in [0, 0.1) is 0 Å². The zero-order valence-electron chi connectivity index (χ0n) is 14.4. The van der Waals surface area contributed by atoms with E-state index < -0.39 is 15.7 Å². The predicted molar refractivity (Wildman–Crippen MR) is 101 cm³/mol. The Bertz CT molecular complexity index is 1110. The fourth-order valence-electron chi connectivity index (χ4n) is 2.57. The van der Waals surface area contributed by atoms with E-state index in [1.165, 1.54) is 23.5 Å². The Kier molecular flexibility index (Phi) is 5.24. The Labute approximate surface area is 155 Å². The van der Waals surface area contributed by atoms with Crippen molar-refractivity contribution in [2.24, 2.45) is 12.0 Å². The van der Waals surface area contributed by atoms with Crippen molar-refractivity contribution >= 4 is 37.3 Å². The second kappa shape index (κ2) is 7.43. The van der Waals surface area contributed by atoms with Gasteiger partial charge in [-0.05, 0) is 24.3 Å². The standard InChI is InChI=1S/C18H18N2O4S2/c1-20-17-14(24-2)9-6-10-15(17)25-18(20)19-16(21)11-12-26(22,23)13-7-4-3-5-8-13/h3-10H,11-12H2,1-2H3. The number of sulfone groups is 1. The van der Waals surface area contributed by atoms with E-state index in [1.807, 2.05) is 18.2 Å². The highest BCUT2D eigenvalue weighted by Crippen LogP contribution is 2.26. The van der Waals surface area contributed by atoms with E-state index in [9.17, 15) is 13.2 Å². The molecule has 0 saturated carbocycles. The van der Waals surface area contributed by atoms with Gasteiger partial charge in [0.15, 0.2) is 14.6 Å². The van der Waals surface area contributed by atoms with Gasteiger partial charge in [0.05, 0.1) is 22.5 Å². The summed E-state index contributed by atoms with van der Waals surface area (Å²) in [5, 5.41) is 0. The molecule has 0 saturated heterocycles. The van der Waals surface area contributed by atoms with E-state index in [4.69, 9.17) is 4.74 Å². The SMILES string of the molecule is COc1cccc2sc(=NC(=O)CCS(=O)(=O)c3ccccc3)n(C)c12. The molecular formula is C18H18N2O4S2. The number of rotatable bonds is 5. The third-order valence-corrected chi connectivity index (χ3v) is 6.74. The molecule has 0 aliphatic heterocycles. The first-order chi connectivity index (χ1) is 12.4. The molecule has 6 nitrogen and oxygen atoms in total. The molecule has 0 N–H and O–H groups in total. The van der Waals surface area contributed by atoms with E-state index in [0.717, 1.165) is 10.2 Å². The molecule has 1 aromatic heterocycles. The van der Waals surface area contributed by atoms with Crippen LogP contribution in [0.15, 0.2) is 58.4 Å². The minimum Gasteiger partial charge on any atom is -0.495 e. The molecule has 136 valence electrons. The maximum Gasteiger partial charge on any atom is 0.249 e. The summed E-state index contributed by atoms with van der Waals surface area (Å²) in [7, 11) is -0.111. The number of hydrogen-bond donors (Lipinski definition) is 0. The highest BCUT2D eigenvalue weighted by Gasteiger charge is 2.16. The lowest BCUT2D eigenvalue weighted by molar-refractivity contribution is -0.117. The monoisotopic (exact) mass is 390 g/mol. The average molecular weight is 390 g/mol. The summed E-state index contributed by atoms with van der Waals surface area (Å²) in [6.45, 7) is 0. The predicted octanol–water partition coefficient (Wildman–Crippen LogP) is 2.54. The number of aryl methyl sites for hydroxylation is 1. The number of methoxy groups -OCH3 is 1. The van der Waals surface area contributed by atoms with Crippen molar-refractivity contribution in [3.63, 3.8) is 0 Å². The Morgan fingerprint density at radius 3 is 2.58 bits per heavy atom. The van der Waals surface area contributed by atoms with Crippen LogP contribution in [0.4, 0.5) is 0 Å². The quantitative estimate of drug-likeness (QED) is 0.671. The molecule has 1 amide bonds. The Balaban J connectivity index is 1.84. The number of carbonyl (C=O) groups is 1. The third kappa shape index (κ3) is 3.71. The number of carbonyl (C=O) groups excluding carboxylic acids is 1. The minimum absolute atomic E-state index is 0.164. The number of ether oxygens (including phenoxy) is 1. The lowest BCUT2D eigenvalue weighted by Crippen LogP contribution is -2.16. The fourth-order valence-corrected chi connectivity index (χ4v) is 4.87. The second-order valence-corrected chi connectivity index (χ2v) is 8.76. The summed E-state index contributed by atoms with van der Waals surface area (Å²) >= 11 is 1.36. The second-order valence-electron chi connectivity index (χ2n) is 5.64. The number of fused-ring (bicyclic) bond motifs is 1. The molecule has 0 aliphatic rings. The van der Waals surface area contributed by atoms with Crippen LogP contribution in [0.1, 0.15) is 6.42 Å². The van der Waals surface area contributed by atoms with Gasteiger partial charge in [-0.25, -0.2) is 8.42 Å². The summed E-state index contributed by atoms with van der Waals surface area (Å²) in [5.41, 5.74) is 0.850. The normalized spacial score (nSPS) is 12.5. The summed E-state index contributed by atoms with van der Waals surface area (Å²) in [4.78, 5) is 17.0. The van der Waals surface area contributed by atoms with Crippen LogP contribution in [-0.2, 0) is 21.7 Å². The summed E-state index contributed by atoms with van der Waals surface area (Å²) in [6, 6.07) is 13.7. The van der Waals surface area contributed by atoms with Crippen molar-refractivity contribution in [1.29, 1.82) is 0 Å². The van der Waals surface area contributed by atoms with Crippen molar-refractivity contribution in [3.05, 3.63) is 53.3 Å². The number of thiazole rings is 1. The van der Waals surface area contributed by atoms with Crippen LogP contribution in [0.25, 0.3) is 10.2 Å². The molecule has 0 atom stereocenters. The number of amides is 1. The molecule has 0 spiro atoms. The molecule has 2 aromatic carbocycles. The smallest absolute Gasteiger partial charge is 0.249 e. The zero-order chi connectivity index (χ0) is 18.7. The molecule has 3 aromatic rings. The number of nitrogens with zero attached hydrogens (tertiary/aromatic N) is 2. The van der Waals surface area contributed by atoms with Crippen molar-refractivity contribution in [1.82, 2.24) is 4.57 Å². The Morgan fingerprint density at radius 1 is 1.15 bits per heavy atom. The van der Waals surface area contributed by atoms with Gasteiger partial charge in [0, 0.05) is 13.5 Å². The number of benzene rings is 2. The first kappa shape index (κ1) is 18.3. The van der Waals surface area contributed by atoms with Gasteiger partial charge in [0.25, 0.3) is 0 Å². The van der Waals surface area contributed by atoms with E-state index in [-0.39, 0.29) is 17.1 Å². The molecular weight excluding hydrogens is 372 g/mol. The lowest BCUT2D eigenvalue weighted by atomic mass is 10.3. The third-order valence-electron chi connectivity index (χ3n) is 3.91. The van der Waals surface area contributed by atoms with Crippen LogP contribution in [-0.4, -0.2) is 31.8 Å². The number of hydrogen-bond acceptors (Lipinski definition) is 5. The van der Waals surface area contributed by atoms with Gasteiger partial charge in [-0.2, -0.15) is 4.99 Å². The maximum absolute atomic E-state index is 12.3. The van der Waals surface area contributed by atoms with Crippen molar-refractivity contribution in [3.8, 4) is 5.75 Å². The summed E-state index contributed by atoms with van der Waals surface area (Å²) in [5.74, 6) is -0.0375. The van der Waals surface area contributed by atoms with Gasteiger partial charge in [0.2, 0.25) is 5.91 Å². The number of para-hydroxylation sites is 1. The fraction of sp³-hybridized carbons (Fsp3) is 0.222. The van der Waals surface area contributed by atoms with Gasteiger partial charge in [-0.3, -0.25) is 4.79 Å². The summed E-state index contributed by atoms with van der Waals surface area (Å²) < 4.78 is 32.6. The molecule has 26 heavy (non-hydrogen) atoms. The van der Waals surface area contributed by atoms with Gasteiger partial charge in [0.1, 0.15) is 11.3 Å². The van der Waals surface area contributed by atoms with Crippen molar-refractivity contribution in [2.45, 2.75) is 11.3 Å². The van der Waals surface area contributed by atoms with E-state index in [0.29, 0.717) is 10.6 Å². The largest absolute Gasteiger partial charge is 0.495 e. The first-order valence-electron chi connectivity index (χ1n) is 7.90. The maximum atomic E-state index is 12.3. The van der Waals surface area contributed by atoms with E-state index in [2.05, 4.69) is 4.99 Å². The van der Waals surface area contributed by atoms with E-state index >= 15 is 0 Å². The summed E-state index contributed by atoms with van der Waals surface area (Å²) in [6.07, 6.45) is -0.164. The van der Waals surface area contributed by atoms with Crippen LogP contribution >= 0.6 is 11.3 Å². The number of aromatic nitrogens is 1. The molecule has 0 fully saturated rings. The molecule has 0 unspecified atom stereocenters. The Hall–Kier alpha value is -2.45. The average Bonchev–Trinajstić information content (AvgIpc) is 2.96. The van der Waals surface area contributed by atoms with Crippen molar-refractivity contribution < 1.29 is 17.9 Å². The van der Waals surface area contributed by atoms with Crippen LogP contribution in [0.3, 0.4) is 0 Å². The molecule has 3 rings (SSSR count). The molecule has 0 radical (unpaired) electrons.